The van der Waals surface area contributed by atoms with Crippen molar-refractivity contribution in [2.45, 2.75) is 0 Å². The zero-order valence-electron chi connectivity index (χ0n) is 30.6. The Morgan fingerprint density at radius 2 is 0.857 bits per heavy atom. The van der Waals surface area contributed by atoms with Gasteiger partial charge in [-0.3, -0.25) is 0 Å². The summed E-state index contributed by atoms with van der Waals surface area (Å²) in [4.78, 5) is 2.38. The lowest BCUT2D eigenvalue weighted by molar-refractivity contribution is 0.669. The van der Waals surface area contributed by atoms with Crippen LogP contribution in [0.3, 0.4) is 0 Å². The Labute approximate surface area is 325 Å². The second-order valence-corrected chi connectivity index (χ2v) is 14.4. The van der Waals surface area contributed by atoms with Crippen LogP contribution in [0.25, 0.3) is 87.6 Å². The molecule has 0 N–H and O–H groups in total. The van der Waals surface area contributed by atoms with E-state index in [0.717, 1.165) is 44.4 Å². The number of nitrogens with zero attached hydrogens (tertiary/aromatic N) is 1. The van der Waals surface area contributed by atoms with Crippen molar-refractivity contribution < 1.29 is 4.42 Å². The molecule has 2 heteroatoms. The molecule has 10 aromatic carbocycles. The van der Waals surface area contributed by atoms with Gasteiger partial charge in [0.2, 0.25) is 0 Å². The average Bonchev–Trinajstić information content (AvgIpc) is 3.66. The molecule has 0 aliphatic heterocycles. The molecule has 1 aromatic heterocycles. The Morgan fingerprint density at radius 1 is 0.304 bits per heavy atom. The van der Waals surface area contributed by atoms with E-state index in [1.165, 1.54) is 60.3 Å². The molecule has 0 aliphatic carbocycles. The van der Waals surface area contributed by atoms with Crippen LogP contribution in [0.2, 0.25) is 0 Å². The van der Waals surface area contributed by atoms with E-state index in [1.54, 1.807) is 0 Å². The minimum atomic E-state index is 0.863. The van der Waals surface area contributed by atoms with Crippen molar-refractivity contribution in [1.29, 1.82) is 0 Å². The number of anilines is 3. The van der Waals surface area contributed by atoms with E-state index in [4.69, 9.17) is 4.42 Å². The molecular formula is C54H35NO. The summed E-state index contributed by atoms with van der Waals surface area (Å²) in [5.74, 6) is 0. The Morgan fingerprint density at radius 3 is 1.64 bits per heavy atom. The molecule has 0 radical (unpaired) electrons. The number of rotatable bonds is 6. The summed E-state index contributed by atoms with van der Waals surface area (Å²) in [6.07, 6.45) is 0. The number of para-hydroxylation sites is 2. The van der Waals surface area contributed by atoms with Crippen LogP contribution in [0.1, 0.15) is 0 Å². The summed E-state index contributed by atoms with van der Waals surface area (Å²) >= 11 is 0. The zero-order chi connectivity index (χ0) is 37.0. The van der Waals surface area contributed by atoms with E-state index in [-0.39, 0.29) is 0 Å². The van der Waals surface area contributed by atoms with Crippen molar-refractivity contribution in [3.63, 3.8) is 0 Å². The third-order valence-corrected chi connectivity index (χ3v) is 11.3. The normalized spacial score (nSPS) is 11.6. The van der Waals surface area contributed by atoms with Crippen molar-refractivity contribution in [2.24, 2.45) is 0 Å². The topological polar surface area (TPSA) is 16.4 Å². The van der Waals surface area contributed by atoms with Crippen LogP contribution >= 0.6 is 0 Å². The van der Waals surface area contributed by atoms with Crippen LogP contribution in [-0.2, 0) is 0 Å². The van der Waals surface area contributed by atoms with Crippen LogP contribution in [0.4, 0.5) is 17.1 Å². The van der Waals surface area contributed by atoms with Crippen LogP contribution < -0.4 is 4.90 Å². The molecule has 11 aromatic rings. The molecule has 2 nitrogen and oxygen atoms in total. The minimum Gasteiger partial charge on any atom is -0.454 e. The lowest BCUT2D eigenvalue weighted by Crippen LogP contribution is -2.11. The standard InChI is InChI=1S/C54H35NO/c1-2-14-37(15-3-1)42-24-11-18-39-19-12-25-43(53(39)42)38-30-32-40(33-31-38)55(51-28-13-27-49-48-23-8-9-29-52(48)56-54(49)51)50-35-34-46(45-21-6-7-22-47(45)50)44-26-10-17-36-16-4-5-20-41(36)44/h1-35H. The van der Waals surface area contributed by atoms with Gasteiger partial charge in [0.05, 0.1) is 11.4 Å². The van der Waals surface area contributed by atoms with Crippen molar-refractivity contribution >= 4 is 71.3 Å². The van der Waals surface area contributed by atoms with E-state index in [2.05, 4.69) is 211 Å². The average molecular weight is 714 g/mol. The first-order chi connectivity index (χ1) is 27.8. The Kier molecular flexibility index (Phi) is 7.53. The molecular weight excluding hydrogens is 679 g/mol. The van der Waals surface area contributed by atoms with Crippen molar-refractivity contribution in [3.8, 4) is 33.4 Å². The Balaban J connectivity index is 1.13. The van der Waals surface area contributed by atoms with E-state index >= 15 is 0 Å². The van der Waals surface area contributed by atoms with Gasteiger partial charge in [-0.1, -0.05) is 182 Å². The first-order valence-corrected chi connectivity index (χ1v) is 19.2. The molecule has 11 rings (SSSR count). The third kappa shape index (κ3) is 5.19. The van der Waals surface area contributed by atoms with Gasteiger partial charge >= 0.3 is 0 Å². The molecule has 0 bridgehead atoms. The van der Waals surface area contributed by atoms with Gasteiger partial charge < -0.3 is 9.32 Å². The number of benzene rings is 10. The zero-order valence-corrected chi connectivity index (χ0v) is 30.6. The fourth-order valence-electron chi connectivity index (χ4n) is 8.72. The van der Waals surface area contributed by atoms with Crippen molar-refractivity contribution in [1.82, 2.24) is 0 Å². The molecule has 262 valence electrons. The first-order valence-electron chi connectivity index (χ1n) is 19.2. The van der Waals surface area contributed by atoms with Gasteiger partial charge in [0.25, 0.3) is 0 Å². The molecule has 0 amide bonds. The van der Waals surface area contributed by atoms with E-state index in [1.807, 2.05) is 6.07 Å². The third-order valence-electron chi connectivity index (χ3n) is 11.3. The highest BCUT2D eigenvalue weighted by Gasteiger charge is 2.22. The molecule has 0 saturated carbocycles. The molecule has 0 aliphatic rings. The van der Waals surface area contributed by atoms with Crippen LogP contribution in [0.15, 0.2) is 217 Å². The summed E-state index contributed by atoms with van der Waals surface area (Å²) in [5, 5.41) is 9.54. The second kappa shape index (κ2) is 13.2. The Hall–Kier alpha value is -7.42. The highest BCUT2D eigenvalue weighted by molar-refractivity contribution is 6.14. The highest BCUT2D eigenvalue weighted by atomic mass is 16.3. The van der Waals surface area contributed by atoms with Gasteiger partial charge in [-0.2, -0.15) is 0 Å². The fourth-order valence-corrected chi connectivity index (χ4v) is 8.72. The maximum Gasteiger partial charge on any atom is 0.159 e. The second-order valence-electron chi connectivity index (χ2n) is 14.4. The van der Waals surface area contributed by atoms with Crippen LogP contribution in [0.5, 0.6) is 0 Å². The molecule has 0 spiro atoms. The molecule has 0 fully saturated rings. The molecule has 0 saturated heterocycles. The van der Waals surface area contributed by atoms with Crippen molar-refractivity contribution in [3.05, 3.63) is 212 Å². The maximum absolute atomic E-state index is 6.72. The predicted molar refractivity (Wildman–Crippen MR) is 237 cm³/mol. The Bertz CT molecular complexity index is 3240. The largest absolute Gasteiger partial charge is 0.454 e. The SMILES string of the molecule is c1ccc(-c2cccc3cccc(-c4ccc(N(c5ccc(-c6cccc7ccccc67)c6ccccc56)c5cccc6c5oc5ccccc56)cc4)c23)cc1. The van der Waals surface area contributed by atoms with Crippen molar-refractivity contribution in [2.75, 3.05) is 4.90 Å². The summed E-state index contributed by atoms with van der Waals surface area (Å²) in [6, 6.07) is 76.4. The summed E-state index contributed by atoms with van der Waals surface area (Å²) < 4.78 is 6.72. The summed E-state index contributed by atoms with van der Waals surface area (Å²) in [7, 11) is 0. The van der Waals surface area contributed by atoms with E-state index in [9.17, 15) is 0 Å². The smallest absolute Gasteiger partial charge is 0.159 e. The first kappa shape index (κ1) is 32.0. The lowest BCUT2D eigenvalue weighted by Gasteiger charge is -2.28. The van der Waals surface area contributed by atoms with Crippen LogP contribution in [-0.4, -0.2) is 0 Å². The minimum absolute atomic E-state index is 0.863. The van der Waals surface area contributed by atoms with Gasteiger partial charge in [-0.25, -0.2) is 0 Å². The number of hydrogen-bond donors (Lipinski definition) is 0. The molecule has 0 unspecified atom stereocenters. The summed E-state index contributed by atoms with van der Waals surface area (Å²) in [5.41, 5.74) is 12.1. The fraction of sp³-hybridized carbons (Fsp3) is 0. The quantitative estimate of drug-likeness (QED) is 0.171. The van der Waals surface area contributed by atoms with Gasteiger partial charge in [-0.05, 0) is 90.6 Å². The lowest BCUT2D eigenvalue weighted by atomic mass is 9.91. The summed E-state index contributed by atoms with van der Waals surface area (Å²) in [6.45, 7) is 0. The van der Waals surface area contributed by atoms with Gasteiger partial charge in [0.1, 0.15) is 5.58 Å². The van der Waals surface area contributed by atoms with E-state index < -0.39 is 0 Å². The number of hydrogen-bond acceptors (Lipinski definition) is 2. The molecule has 0 atom stereocenters. The number of fused-ring (bicyclic) bond motifs is 6. The molecule has 56 heavy (non-hydrogen) atoms. The van der Waals surface area contributed by atoms with E-state index in [0.29, 0.717) is 0 Å². The van der Waals surface area contributed by atoms with Gasteiger partial charge in [0, 0.05) is 21.8 Å². The highest BCUT2D eigenvalue weighted by Crippen LogP contribution is 2.47. The van der Waals surface area contributed by atoms with Crippen LogP contribution in [0, 0.1) is 0 Å². The monoisotopic (exact) mass is 713 g/mol. The van der Waals surface area contributed by atoms with Gasteiger partial charge in [0.15, 0.2) is 5.58 Å². The number of furan rings is 1. The predicted octanol–water partition coefficient (Wildman–Crippen LogP) is 15.5. The molecule has 1 heterocycles. The van der Waals surface area contributed by atoms with Gasteiger partial charge in [-0.15, -0.1) is 0 Å². The maximum atomic E-state index is 6.72.